The molecule has 0 saturated carbocycles. The second kappa shape index (κ2) is 3.67. The van der Waals surface area contributed by atoms with Crippen LogP contribution in [0.5, 0.6) is 0 Å². The van der Waals surface area contributed by atoms with Gasteiger partial charge in [0.05, 0.1) is 11.4 Å². The number of anilines is 2. The number of rotatable bonds is 1. The number of para-hydroxylation sites is 2. The molecule has 4 nitrogen and oxygen atoms in total. The molecule has 0 bridgehead atoms. The van der Waals surface area contributed by atoms with E-state index in [-0.39, 0.29) is 11.9 Å². The monoisotopic (exact) mass is 191 g/mol. The first-order valence-corrected chi connectivity index (χ1v) is 4.62. The maximum atomic E-state index is 11.6. The van der Waals surface area contributed by atoms with Crippen molar-refractivity contribution in [1.29, 1.82) is 0 Å². The fourth-order valence-corrected chi connectivity index (χ4v) is 1.50. The van der Waals surface area contributed by atoms with Gasteiger partial charge in [0, 0.05) is 6.54 Å². The molecule has 1 amide bonds. The van der Waals surface area contributed by atoms with Gasteiger partial charge < -0.3 is 16.0 Å². The standard InChI is InChI=1S/C10H13N3O/c1-11-9-6-12-7-4-2-3-5-8(7)13-10(9)14/h2-5,9,11-12H,6H2,1H3,(H,13,14). The summed E-state index contributed by atoms with van der Waals surface area (Å²) in [5, 5.41) is 9.02. The molecule has 1 aliphatic heterocycles. The zero-order chi connectivity index (χ0) is 9.97. The Morgan fingerprint density at radius 3 is 2.79 bits per heavy atom. The molecule has 1 aliphatic rings. The third kappa shape index (κ3) is 1.56. The van der Waals surface area contributed by atoms with Gasteiger partial charge in [-0.1, -0.05) is 12.1 Å². The lowest BCUT2D eigenvalue weighted by Gasteiger charge is -2.10. The highest BCUT2D eigenvalue weighted by Gasteiger charge is 2.20. The number of carbonyl (C=O) groups is 1. The third-order valence-electron chi connectivity index (χ3n) is 2.35. The largest absolute Gasteiger partial charge is 0.381 e. The van der Waals surface area contributed by atoms with E-state index in [1.165, 1.54) is 0 Å². The highest BCUT2D eigenvalue weighted by atomic mass is 16.2. The molecule has 14 heavy (non-hydrogen) atoms. The van der Waals surface area contributed by atoms with Crippen molar-refractivity contribution in [3.8, 4) is 0 Å². The quantitative estimate of drug-likeness (QED) is 0.610. The zero-order valence-electron chi connectivity index (χ0n) is 8.00. The minimum atomic E-state index is -0.178. The van der Waals surface area contributed by atoms with Crippen molar-refractivity contribution in [2.45, 2.75) is 6.04 Å². The second-order valence-electron chi connectivity index (χ2n) is 3.26. The summed E-state index contributed by atoms with van der Waals surface area (Å²) in [6, 6.07) is 7.51. The average Bonchev–Trinajstić information content (AvgIpc) is 2.36. The van der Waals surface area contributed by atoms with Crippen LogP contribution in [0.15, 0.2) is 24.3 Å². The van der Waals surface area contributed by atoms with Gasteiger partial charge in [0.25, 0.3) is 0 Å². The normalized spacial score (nSPS) is 20.4. The molecule has 0 aliphatic carbocycles. The summed E-state index contributed by atoms with van der Waals surface area (Å²) in [6.45, 7) is 0.610. The predicted molar refractivity (Wildman–Crippen MR) is 56.4 cm³/mol. The molecule has 0 saturated heterocycles. The number of fused-ring (bicyclic) bond motifs is 1. The zero-order valence-corrected chi connectivity index (χ0v) is 8.00. The second-order valence-corrected chi connectivity index (χ2v) is 3.26. The molecule has 0 radical (unpaired) electrons. The van der Waals surface area contributed by atoms with E-state index in [4.69, 9.17) is 0 Å². The topological polar surface area (TPSA) is 53.2 Å². The molecule has 0 fully saturated rings. The van der Waals surface area contributed by atoms with E-state index in [1.807, 2.05) is 24.3 Å². The molecule has 1 unspecified atom stereocenters. The number of carbonyl (C=O) groups excluding carboxylic acids is 1. The van der Waals surface area contributed by atoms with Crippen LogP contribution < -0.4 is 16.0 Å². The minimum Gasteiger partial charge on any atom is -0.381 e. The van der Waals surface area contributed by atoms with Gasteiger partial charge in [-0.15, -0.1) is 0 Å². The SMILES string of the molecule is CNC1CNc2ccccc2NC1=O. The van der Waals surface area contributed by atoms with Crippen LogP contribution in [0.4, 0.5) is 11.4 Å². The summed E-state index contributed by atoms with van der Waals surface area (Å²) in [6.07, 6.45) is 0. The van der Waals surface area contributed by atoms with Crippen LogP contribution in [0.1, 0.15) is 0 Å². The molecule has 1 aromatic carbocycles. The van der Waals surface area contributed by atoms with Crippen molar-refractivity contribution >= 4 is 17.3 Å². The Kier molecular flexibility index (Phi) is 2.37. The van der Waals surface area contributed by atoms with Gasteiger partial charge in [-0.25, -0.2) is 0 Å². The van der Waals surface area contributed by atoms with Gasteiger partial charge in [0.2, 0.25) is 5.91 Å². The molecular formula is C10H13N3O. The number of hydrogen-bond donors (Lipinski definition) is 3. The van der Waals surface area contributed by atoms with Gasteiger partial charge >= 0.3 is 0 Å². The predicted octanol–water partition coefficient (Wildman–Crippen LogP) is 0.639. The fourth-order valence-electron chi connectivity index (χ4n) is 1.50. The Morgan fingerprint density at radius 2 is 2.07 bits per heavy atom. The van der Waals surface area contributed by atoms with Crippen LogP contribution in [0.2, 0.25) is 0 Å². The van der Waals surface area contributed by atoms with Gasteiger partial charge in [0.15, 0.2) is 0 Å². The Labute approximate surface area is 82.7 Å². The van der Waals surface area contributed by atoms with Crippen molar-refractivity contribution in [2.24, 2.45) is 0 Å². The highest BCUT2D eigenvalue weighted by molar-refractivity contribution is 5.99. The first-order chi connectivity index (χ1) is 6.81. The maximum Gasteiger partial charge on any atom is 0.243 e. The Bertz CT molecular complexity index is 351. The summed E-state index contributed by atoms with van der Waals surface area (Å²) in [5.74, 6) is 0.00458. The van der Waals surface area contributed by atoms with Crippen molar-refractivity contribution in [1.82, 2.24) is 5.32 Å². The van der Waals surface area contributed by atoms with Crippen LogP contribution in [0.25, 0.3) is 0 Å². The summed E-state index contributed by atoms with van der Waals surface area (Å²) < 4.78 is 0. The molecule has 0 spiro atoms. The van der Waals surface area contributed by atoms with E-state index in [9.17, 15) is 4.79 Å². The Balaban J connectivity index is 2.28. The molecule has 4 heteroatoms. The van der Waals surface area contributed by atoms with Crippen LogP contribution in [0, 0.1) is 0 Å². The lowest BCUT2D eigenvalue weighted by molar-refractivity contribution is -0.117. The first-order valence-electron chi connectivity index (χ1n) is 4.62. The first kappa shape index (κ1) is 9.02. The van der Waals surface area contributed by atoms with Gasteiger partial charge in [0.1, 0.15) is 6.04 Å². The van der Waals surface area contributed by atoms with Gasteiger partial charge in [-0.3, -0.25) is 4.79 Å². The smallest absolute Gasteiger partial charge is 0.243 e. The summed E-state index contributed by atoms with van der Waals surface area (Å²) >= 11 is 0. The lowest BCUT2D eigenvalue weighted by atomic mass is 10.2. The Morgan fingerprint density at radius 1 is 1.36 bits per heavy atom. The van der Waals surface area contributed by atoms with Crippen LogP contribution in [-0.2, 0) is 4.79 Å². The van der Waals surface area contributed by atoms with Crippen molar-refractivity contribution in [2.75, 3.05) is 24.2 Å². The number of amides is 1. The molecule has 2 rings (SSSR count). The number of hydrogen-bond acceptors (Lipinski definition) is 3. The summed E-state index contributed by atoms with van der Waals surface area (Å²) in [5.41, 5.74) is 1.81. The molecule has 1 atom stereocenters. The van der Waals surface area contributed by atoms with Crippen LogP contribution in [0.3, 0.4) is 0 Å². The fraction of sp³-hybridized carbons (Fsp3) is 0.300. The number of nitrogens with one attached hydrogen (secondary N) is 3. The molecular weight excluding hydrogens is 178 g/mol. The van der Waals surface area contributed by atoms with Crippen LogP contribution in [-0.4, -0.2) is 25.5 Å². The van der Waals surface area contributed by atoms with E-state index in [2.05, 4.69) is 16.0 Å². The maximum absolute atomic E-state index is 11.6. The number of benzene rings is 1. The van der Waals surface area contributed by atoms with Crippen molar-refractivity contribution < 1.29 is 4.79 Å². The highest BCUT2D eigenvalue weighted by Crippen LogP contribution is 2.22. The molecule has 1 heterocycles. The van der Waals surface area contributed by atoms with Gasteiger partial charge in [-0.05, 0) is 19.2 Å². The average molecular weight is 191 g/mol. The van der Waals surface area contributed by atoms with Gasteiger partial charge in [-0.2, -0.15) is 0 Å². The summed E-state index contributed by atoms with van der Waals surface area (Å²) in [4.78, 5) is 11.6. The van der Waals surface area contributed by atoms with Crippen molar-refractivity contribution in [3.63, 3.8) is 0 Å². The molecule has 74 valence electrons. The lowest BCUT2D eigenvalue weighted by Crippen LogP contribution is -2.41. The van der Waals surface area contributed by atoms with E-state index in [0.29, 0.717) is 6.54 Å². The van der Waals surface area contributed by atoms with E-state index >= 15 is 0 Å². The molecule has 1 aromatic rings. The van der Waals surface area contributed by atoms with Crippen molar-refractivity contribution in [3.05, 3.63) is 24.3 Å². The number of likely N-dealkylation sites (N-methyl/N-ethyl adjacent to an activating group) is 1. The molecule has 3 N–H and O–H groups in total. The Hall–Kier alpha value is -1.55. The van der Waals surface area contributed by atoms with Crippen LogP contribution >= 0.6 is 0 Å². The van der Waals surface area contributed by atoms with E-state index in [1.54, 1.807) is 7.05 Å². The van der Waals surface area contributed by atoms with E-state index in [0.717, 1.165) is 11.4 Å². The van der Waals surface area contributed by atoms with E-state index < -0.39 is 0 Å². The molecule has 0 aromatic heterocycles. The third-order valence-corrected chi connectivity index (χ3v) is 2.35. The minimum absolute atomic E-state index is 0.00458. The summed E-state index contributed by atoms with van der Waals surface area (Å²) in [7, 11) is 1.78.